The largest absolute Gasteiger partial charge is 0.319 e. The number of alkyl halides is 2. The summed E-state index contributed by atoms with van der Waals surface area (Å²) in [6.07, 6.45) is 2.49. The molecule has 114 valence electrons. The highest BCUT2D eigenvalue weighted by atomic mass is 32.2. The van der Waals surface area contributed by atoms with E-state index in [2.05, 4.69) is 9.97 Å². The molecule has 0 aliphatic heterocycles. The van der Waals surface area contributed by atoms with Crippen molar-refractivity contribution < 1.29 is 13.6 Å². The first kappa shape index (κ1) is 16.1. The zero-order valence-electron chi connectivity index (χ0n) is 11.9. The van der Waals surface area contributed by atoms with Crippen molar-refractivity contribution >= 4 is 17.5 Å². The highest BCUT2D eigenvalue weighted by Crippen LogP contribution is 2.27. The van der Waals surface area contributed by atoms with Crippen LogP contribution >= 0.6 is 11.8 Å². The van der Waals surface area contributed by atoms with Gasteiger partial charge < -0.3 is 0 Å². The van der Waals surface area contributed by atoms with E-state index >= 15 is 0 Å². The molecule has 0 fully saturated rings. The molecular weight excluding hydrogens is 310 g/mol. The third-order valence-corrected chi connectivity index (χ3v) is 3.96. The smallest absolute Gasteiger partial charge is 0.294 e. The maximum Gasteiger partial charge on any atom is 0.319 e. The lowest BCUT2D eigenvalue weighted by Gasteiger charge is -2.09. The van der Waals surface area contributed by atoms with Crippen LogP contribution in [0.4, 0.5) is 8.78 Å². The number of aryl methyl sites for hydroxylation is 1. The molecule has 0 aliphatic carbocycles. The Bertz CT molecular complexity index is 752. The molecule has 0 unspecified atom stereocenters. The topological polar surface area (TPSA) is 71.6 Å². The summed E-state index contributed by atoms with van der Waals surface area (Å²) in [7, 11) is 0. The van der Waals surface area contributed by atoms with Gasteiger partial charge in [0.25, 0.3) is 0 Å². The Morgan fingerprint density at radius 3 is 2.86 bits per heavy atom. The number of ketones is 1. The number of carbonyl (C=O) groups excluding carboxylic acids is 1. The molecule has 0 aliphatic rings. The number of pyridine rings is 1. The number of aromatic nitrogens is 3. The molecule has 0 N–H and O–H groups in total. The standard InChI is InChI=1S/C14H12F2N4OS/c1-8-11(9(2)21)5-10(6-17)13(19-8)22-7-12-18-3-4-20(12)14(15)16/h3-5,14H,7H2,1-2H3. The number of imidazole rings is 1. The lowest BCUT2D eigenvalue weighted by molar-refractivity contribution is 0.0677. The fraction of sp³-hybridized carbons (Fsp3) is 0.286. The van der Waals surface area contributed by atoms with Gasteiger partial charge in [-0.1, -0.05) is 11.8 Å². The second-order valence-corrected chi connectivity index (χ2v) is 5.42. The Balaban J connectivity index is 2.27. The van der Waals surface area contributed by atoms with Crippen molar-refractivity contribution in [2.24, 2.45) is 0 Å². The predicted molar refractivity (Wildman–Crippen MR) is 76.7 cm³/mol. The monoisotopic (exact) mass is 322 g/mol. The first-order valence-corrected chi connectivity index (χ1v) is 7.28. The van der Waals surface area contributed by atoms with Crippen LogP contribution in [-0.4, -0.2) is 20.3 Å². The van der Waals surface area contributed by atoms with Gasteiger partial charge in [0.2, 0.25) is 0 Å². The van der Waals surface area contributed by atoms with Crippen molar-refractivity contribution in [1.82, 2.24) is 14.5 Å². The molecule has 2 aromatic rings. The van der Waals surface area contributed by atoms with Crippen LogP contribution in [0.25, 0.3) is 0 Å². The number of nitriles is 1. The third-order valence-electron chi connectivity index (χ3n) is 2.98. The maximum atomic E-state index is 12.7. The minimum absolute atomic E-state index is 0.151. The second-order valence-electron chi connectivity index (χ2n) is 4.46. The van der Waals surface area contributed by atoms with E-state index in [1.54, 1.807) is 6.92 Å². The molecule has 0 atom stereocenters. The lowest BCUT2D eigenvalue weighted by Crippen LogP contribution is -2.04. The first-order valence-electron chi connectivity index (χ1n) is 6.29. The van der Waals surface area contributed by atoms with E-state index in [0.29, 0.717) is 16.3 Å². The summed E-state index contributed by atoms with van der Waals surface area (Å²) in [5, 5.41) is 9.56. The van der Waals surface area contributed by atoms with Crippen LogP contribution in [0.2, 0.25) is 0 Å². The van der Waals surface area contributed by atoms with E-state index in [0.717, 1.165) is 16.3 Å². The fourth-order valence-electron chi connectivity index (χ4n) is 1.90. The van der Waals surface area contributed by atoms with Gasteiger partial charge in [0.15, 0.2) is 5.78 Å². The number of halogens is 2. The van der Waals surface area contributed by atoms with Crippen LogP contribution in [-0.2, 0) is 5.75 Å². The van der Waals surface area contributed by atoms with Crippen LogP contribution in [0.15, 0.2) is 23.5 Å². The highest BCUT2D eigenvalue weighted by molar-refractivity contribution is 7.98. The first-order chi connectivity index (χ1) is 10.4. The van der Waals surface area contributed by atoms with Crippen molar-refractivity contribution in [2.75, 3.05) is 0 Å². The summed E-state index contributed by atoms with van der Waals surface area (Å²) in [6, 6.07) is 3.45. The number of carbonyl (C=O) groups is 1. The maximum absolute atomic E-state index is 12.7. The van der Waals surface area contributed by atoms with E-state index in [9.17, 15) is 13.6 Å². The molecule has 8 heteroatoms. The lowest BCUT2D eigenvalue weighted by atomic mass is 10.1. The van der Waals surface area contributed by atoms with Gasteiger partial charge in [-0.15, -0.1) is 0 Å². The number of rotatable bonds is 5. The van der Waals surface area contributed by atoms with Gasteiger partial charge in [0.1, 0.15) is 16.9 Å². The molecule has 0 saturated heterocycles. The van der Waals surface area contributed by atoms with Gasteiger partial charge in [-0.3, -0.25) is 9.36 Å². The zero-order valence-corrected chi connectivity index (χ0v) is 12.7. The predicted octanol–water partition coefficient (Wildman–Crippen LogP) is 3.35. The minimum atomic E-state index is -2.66. The SMILES string of the molecule is CC(=O)c1cc(C#N)c(SCc2nccn2C(F)F)nc1C. The fourth-order valence-corrected chi connectivity index (χ4v) is 2.85. The Morgan fingerprint density at radius 1 is 1.55 bits per heavy atom. The van der Waals surface area contributed by atoms with Crippen LogP contribution in [0.3, 0.4) is 0 Å². The average molecular weight is 322 g/mol. The Labute approximate surface area is 130 Å². The molecule has 0 amide bonds. The van der Waals surface area contributed by atoms with Crippen LogP contribution in [0, 0.1) is 18.3 Å². The summed E-state index contributed by atoms with van der Waals surface area (Å²) >= 11 is 1.13. The van der Waals surface area contributed by atoms with Gasteiger partial charge in [-0.25, -0.2) is 9.97 Å². The van der Waals surface area contributed by atoms with Gasteiger partial charge in [0.05, 0.1) is 11.3 Å². The molecule has 5 nitrogen and oxygen atoms in total. The minimum Gasteiger partial charge on any atom is -0.294 e. The normalized spacial score (nSPS) is 10.7. The summed E-state index contributed by atoms with van der Waals surface area (Å²) in [6.45, 7) is 0.405. The Kier molecular flexibility index (Phi) is 4.88. The van der Waals surface area contributed by atoms with Crippen molar-refractivity contribution in [1.29, 1.82) is 5.26 Å². The van der Waals surface area contributed by atoms with Crippen molar-refractivity contribution in [3.63, 3.8) is 0 Å². The molecule has 0 aromatic carbocycles. The van der Waals surface area contributed by atoms with Gasteiger partial charge in [0, 0.05) is 23.7 Å². The molecule has 0 radical (unpaired) electrons. The number of thioether (sulfide) groups is 1. The van der Waals surface area contributed by atoms with E-state index in [1.165, 1.54) is 25.4 Å². The summed E-state index contributed by atoms with van der Waals surface area (Å²) in [4.78, 5) is 19.6. The average Bonchev–Trinajstić information content (AvgIpc) is 2.93. The Hall–Kier alpha value is -2.27. The zero-order chi connectivity index (χ0) is 16.3. The van der Waals surface area contributed by atoms with Gasteiger partial charge >= 0.3 is 6.55 Å². The number of hydrogen-bond acceptors (Lipinski definition) is 5. The summed E-state index contributed by atoms with van der Waals surface area (Å²) in [5.74, 6) is 0.169. The molecule has 0 bridgehead atoms. The quantitative estimate of drug-likeness (QED) is 0.623. The summed E-state index contributed by atoms with van der Waals surface area (Å²) in [5.41, 5.74) is 1.14. The number of hydrogen-bond donors (Lipinski definition) is 0. The van der Waals surface area contributed by atoms with Crippen molar-refractivity contribution in [2.45, 2.75) is 31.2 Å². The molecule has 2 aromatic heterocycles. The highest BCUT2D eigenvalue weighted by Gasteiger charge is 2.15. The van der Waals surface area contributed by atoms with Crippen LogP contribution < -0.4 is 0 Å². The van der Waals surface area contributed by atoms with Gasteiger partial charge in [-0.05, 0) is 19.9 Å². The van der Waals surface area contributed by atoms with E-state index in [4.69, 9.17) is 5.26 Å². The molecule has 22 heavy (non-hydrogen) atoms. The molecule has 2 rings (SSSR count). The van der Waals surface area contributed by atoms with Crippen molar-refractivity contribution in [3.8, 4) is 6.07 Å². The number of nitrogens with zero attached hydrogens (tertiary/aromatic N) is 4. The van der Waals surface area contributed by atoms with E-state index in [1.807, 2.05) is 6.07 Å². The van der Waals surface area contributed by atoms with Crippen LogP contribution in [0.5, 0.6) is 0 Å². The van der Waals surface area contributed by atoms with Crippen LogP contribution in [0.1, 0.15) is 40.9 Å². The molecule has 0 saturated carbocycles. The van der Waals surface area contributed by atoms with Gasteiger partial charge in [-0.2, -0.15) is 14.0 Å². The number of Topliss-reactive ketones (excluding diaryl/α,β-unsaturated/α-hetero) is 1. The molecular formula is C14H12F2N4OS. The molecule has 2 heterocycles. The second kappa shape index (κ2) is 6.66. The Morgan fingerprint density at radius 2 is 2.27 bits per heavy atom. The third kappa shape index (κ3) is 3.31. The van der Waals surface area contributed by atoms with E-state index < -0.39 is 6.55 Å². The molecule has 0 spiro atoms. The van der Waals surface area contributed by atoms with E-state index in [-0.39, 0.29) is 22.9 Å². The van der Waals surface area contributed by atoms with Crippen molar-refractivity contribution in [3.05, 3.63) is 41.1 Å². The summed E-state index contributed by atoms with van der Waals surface area (Å²) < 4.78 is 26.3.